The predicted octanol–water partition coefficient (Wildman–Crippen LogP) is 4.30. The highest BCUT2D eigenvalue weighted by molar-refractivity contribution is 7.09. The van der Waals surface area contributed by atoms with Crippen molar-refractivity contribution in [3.63, 3.8) is 0 Å². The third kappa shape index (κ3) is 5.38. The lowest BCUT2D eigenvalue weighted by atomic mass is 9.96. The maximum Gasteiger partial charge on any atom is 0.304 e. The number of aliphatic carboxylic acids is 1. The van der Waals surface area contributed by atoms with Gasteiger partial charge in [-0.2, -0.15) is 0 Å². The van der Waals surface area contributed by atoms with Gasteiger partial charge in [0.15, 0.2) is 0 Å². The first-order valence-corrected chi connectivity index (χ1v) is 11.4. The number of aryl methyl sites for hydroxylation is 2. The van der Waals surface area contributed by atoms with E-state index in [0.29, 0.717) is 11.9 Å². The number of carbonyl (C=O) groups is 1. The molecule has 162 valence electrons. The number of pyridine rings is 2. The van der Waals surface area contributed by atoms with E-state index in [0.717, 1.165) is 54.2 Å². The maximum absolute atomic E-state index is 11.4. The Bertz CT molecular complexity index is 1020. The van der Waals surface area contributed by atoms with Crippen molar-refractivity contribution in [1.29, 1.82) is 0 Å². The molecule has 8 heteroatoms. The molecule has 7 nitrogen and oxygen atoms in total. The SMILES string of the molecule is COc1ccc(C(CC(=O)O)c2nc(CCC[C@H]3CCc4cccnc4N3)cs2)cn1. The maximum atomic E-state index is 11.4. The monoisotopic (exact) mass is 438 g/mol. The Morgan fingerprint density at radius 3 is 3.03 bits per heavy atom. The lowest BCUT2D eigenvalue weighted by Crippen LogP contribution is -2.26. The molecule has 2 atom stereocenters. The number of fused-ring (bicyclic) bond motifs is 1. The van der Waals surface area contributed by atoms with E-state index < -0.39 is 5.97 Å². The summed E-state index contributed by atoms with van der Waals surface area (Å²) in [6, 6.07) is 8.17. The third-order valence-corrected chi connectivity index (χ3v) is 6.60. The van der Waals surface area contributed by atoms with Gasteiger partial charge in [-0.3, -0.25) is 4.79 Å². The molecule has 0 aliphatic carbocycles. The number of thiazole rings is 1. The smallest absolute Gasteiger partial charge is 0.304 e. The fourth-order valence-electron chi connectivity index (χ4n) is 3.95. The predicted molar refractivity (Wildman–Crippen MR) is 120 cm³/mol. The number of methoxy groups -OCH3 is 1. The van der Waals surface area contributed by atoms with Gasteiger partial charge in [0.25, 0.3) is 0 Å². The van der Waals surface area contributed by atoms with Crippen LogP contribution in [0.5, 0.6) is 5.88 Å². The topological polar surface area (TPSA) is 97.2 Å². The normalized spacial score (nSPS) is 16.2. The van der Waals surface area contributed by atoms with Crippen LogP contribution in [0.25, 0.3) is 0 Å². The minimum Gasteiger partial charge on any atom is -0.481 e. The van der Waals surface area contributed by atoms with E-state index in [1.165, 1.54) is 16.9 Å². The average Bonchev–Trinajstić information content (AvgIpc) is 3.26. The minimum atomic E-state index is -0.852. The lowest BCUT2D eigenvalue weighted by Gasteiger charge is -2.25. The van der Waals surface area contributed by atoms with Crippen LogP contribution in [0.3, 0.4) is 0 Å². The molecule has 1 unspecified atom stereocenters. The Morgan fingerprint density at radius 2 is 2.26 bits per heavy atom. The molecule has 0 saturated carbocycles. The van der Waals surface area contributed by atoms with Gasteiger partial charge in [0.05, 0.1) is 19.2 Å². The van der Waals surface area contributed by atoms with E-state index in [4.69, 9.17) is 9.72 Å². The Balaban J connectivity index is 1.36. The van der Waals surface area contributed by atoms with E-state index in [9.17, 15) is 9.90 Å². The first kappa shape index (κ1) is 21.2. The van der Waals surface area contributed by atoms with Crippen LogP contribution in [-0.4, -0.2) is 39.2 Å². The number of carboxylic acids is 1. The van der Waals surface area contributed by atoms with E-state index in [-0.39, 0.29) is 12.3 Å². The van der Waals surface area contributed by atoms with Crippen LogP contribution in [0.1, 0.15) is 53.4 Å². The molecular formula is C23H26N4O3S. The summed E-state index contributed by atoms with van der Waals surface area (Å²) >= 11 is 1.52. The van der Waals surface area contributed by atoms with E-state index in [1.807, 2.05) is 23.7 Å². The number of rotatable bonds is 9. The Labute approximate surface area is 185 Å². The average molecular weight is 439 g/mol. The van der Waals surface area contributed by atoms with E-state index in [2.05, 4.69) is 21.4 Å². The fraction of sp³-hybridized carbons (Fsp3) is 0.391. The molecule has 0 fully saturated rings. The van der Waals surface area contributed by atoms with Crippen molar-refractivity contribution in [2.75, 3.05) is 12.4 Å². The van der Waals surface area contributed by atoms with Crippen LogP contribution in [0.2, 0.25) is 0 Å². The summed E-state index contributed by atoms with van der Waals surface area (Å²) in [7, 11) is 1.56. The quantitative estimate of drug-likeness (QED) is 0.514. The van der Waals surface area contributed by atoms with E-state index >= 15 is 0 Å². The standard InChI is InChI=1S/C23H26N4O3S/c1-30-20-10-8-16(13-25-20)19(12-21(28)29)23-27-18(14-31-23)6-2-5-17-9-7-15-4-3-11-24-22(15)26-17/h3-4,8,10-11,13-14,17,19H,2,5-7,9,12H2,1H3,(H,24,26)(H,28,29)/t17-,19?/m0/s1. The Hall–Kier alpha value is -3.00. The minimum absolute atomic E-state index is 0.0145. The fourth-order valence-corrected chi connectivity index (χ4v) is 4.93. The molecule has 2 N–H and O–H groups in total. The van der Waals surface area contributed by atoms with Gasteiger partial charge in [-0.1, -0.05) is 12.1 Å². The second kappa shape index (κ2) is 9.87. The molecule has 4 rings (SSSR count). The highest BCUT2D eigenvalue weighted by atomic mass is 32.1. The van der Waals surface area contributed by atoms with Crippen molar-refractivity contribution in [3.05, 3.63) is 63.9 Å². The number of hydrogen-bond donors (Lipinski definition) is 2. The van der Waals surface area contributed by atoms with Crippen molar-refractivity contribution in [2.24, 2.45) is 0 Å². The Kier molecular flexibility index (Phi) is 6.76. The largest absolute Gasteiger partial charge is 0.481 e. The van der Waals surface area contributed by atoms with Gasteiger partial charge in [-0.15, -0.1) is 11.3 Å². The van der Waals surface area contributed by atoms with Crippen LogP contribution in [0.4, 0.5) is 5.82 Å². The molecule has 4 heterocycles. The van der Waals surface area contributed by atoms with Crippen molar-refractivity contribution >= 4 is 23.1 Å². The molecular weight excluding hydrogens is 412 g/mol. The molecule has 0 aromatic carbocycles. The number of nitrogens with one attached hydrogen (secondary N) is 1. The molecule has 0 bridgehead atoms. The van der Waals surface area contributed by atoms with Gasteiger partial charge in [0, 0.05) is 35.8 Å². The summed E-state index contributed by atoms with van der Waals surface area (Å²) in [6.07, 6.45) is 8.63. The highest BCUT2D eigenvalue weighted by Gasteiger charge is 2.22. The summed E-state index contributed by atoms with van der Waals surface area (Å²) in [5, 5.41) is 15.8. The first-order chi connectivity index (χ1) is 15.1. The van der Waals surface area contributed by atoms with Gasteiger partial charge >= 0.3 is 5.97 Å². The van der Waals surface area contributed by atoms with Crippen LogP contribution in [-0.2, 0) is 17.6 Å². The second-order valence-corrected chi connectivity index (χ2v) is 8.63. The van der Waals surface area contributed by atoms with Crippen LogP contribution in [0, 0.1) is 0 Å². The molecule has 0 spiro atoms. The molecule has 0 amide bonds. The molecule has 31 heavy (non-hydrogen) atoms. The van der Waals surface area contributed by atoms with Crippen molar-refractivity contribution in [3.8, 4) is 5.88 Å². The molecule has 3 aromatic rings. The summed E-state index contributed by atoms with van der Waals surface area (Å²) in [5.74, 6) is 0.359. The zero-order chi connectivity index (χ0) is 21.6. The van der Waals surface area contributed by atoms with Gasteiger partial charge in [-0.25, -0.2) is 15.0 Å². The van der Waals surface area contributed by atoms with Crippen LogP contribution in [0.15, 0.2) is 42.0 Å². The summed E-state index contributed by atoms with van der Waals surface area (Å²) in [4.78, 5) is 24.9. The van der Waals surface area contributed by atoms with Crippen LogP contribution < -0.4 is 10.1 Å². The lowest BCUT2D eigenvalue weighted by molar-refractivity contribution is -0.137. The highest BCUT2D eigenvalue weighted by Crippen LogP contribution is 2.31. The van der Waals surface area contributed by atoms with E-state index in [1.54, 1.807) is 19.4 Å². The zero-order valence-corrected chi connectivity index (χ0v) is 18.3. The molecule has 1 aliphatic heterocycles. The Morgan fingerprint density at radius 1 is 1.35 bits per heavy atom. The molecule has 0 radical (unpaired) electrons. The van der Waals surface area contributed by atoms with Crippen molar-refractivity contribution in [1.82, 2.24) is 15.0 Å². The van der Waals surface area contributed by atoms with Crippen molar-refractivity contribution < 1.29 is 14.6 Å². The number of aromatic nitrogens is 3. The number of hydrogen-bond acceptors (Lipinski definition) is 7. The third-order valence-electron chi connectivity index (χ3n) is 5.60. The number of anilines is 1. The summed E-state index contributed by atoms with van der Waals surface area (Å²) < 4.78 is 5.10. The second-order valence-electron chi connectivity index (χ2n) is 7.74. The number of nitrogens with zero attached hydrogens (tertiary/aromatic N) is 3. The summed E-state index contributed by atoms with van der Waals surface area (Å²) in [5.41, 5.74) is 3.15. The zero-order valence-electron chi connectivity index (χ0n) is 17.5. The van der Waals surface area contributed by atoms with Gasteiger partial charge < -0.3 is 15.2 Å². The van der Waals surface area contributed by atoms with Crippen molar-refractivity contribution in [2.45, 2.75) is 50.5 Å². The molecule has 1 aliphatic rings. The first-order valence-electron chi connectivity index (χ1n) is 10.5. The number of carboxylic acid groups (broad SMARTS) is 1. The summed E-state index contributed by atoms with van der Waals surface area (Å²) in [6.45, 7) is 0. The molecule has 3 aromatic heterocycles. The molecule has 0 saturated heterocycles. The van der Waals surface area contributed by atoms with Gasteiger partial charge in [0.1, 0.15) is 10.8 Å². The van der Waals surface area contributed by atoms with Gasteiger partial charge in [-0.05, 0) is 49.3 Å². The van der Waals surface area contributed by atoms with Gasteiger partial charge in [0.2, 0.25) is 5.88 Å². The number of ether oxygens (including phenoxy) is 1. The van der Waals surface area contributed by atoms with Crippen LogP contribution >= 0.6 is 11.3 Å².